The Hall–Kier alpha value is -1.25. The number of hydrogen-bond acceptors (Lipinski definition) is 1. The Kier molecular flexibility index (Phi) is 4.59. The third kappa shape index (κ3) is 4.09. The van der Waals surface area contributed by atoms with Gasteiger partial charge < -0.3 is 5.11 Å². The minimum Gasteiger partial charge on any atom is -0.478 e. The molecule has 0 aliphatic rings. The third-order valence-electron chi connectivity index (χ3n) is 1.84. The van der Waals surface area contributed by atoms with E-state index in [0.717, 1.165) is 11.6 Å². The molecule has 0 radical (unpaired) electrons. The molecule has 1 aromatic rings. The number of benzene rings is 1. The molecule has 16 heavy (non-hydrogen) atoms. The summed E-state index contributed by atoms with van der Waals surface area (Å²) in [5.74, 6) is -0.968. The first-order valence-corrected chi connectivity index (χ1v) is 5.29. The Labute approximate surface area is 104 Å². The second kappa shape index (κ2) is 5.73. The van der Waals surface area contributed by atoms with Crippen LogP contribution >= 0.6 is 23.2 Å². The van der Waals surface area contributed by atoms with Crippen LogP contribution < -0.4 is 0 Å². The van der Waals surface area contributed by atoms with Gasteiger partial charge >= 0.3 is 5.97 Å². The number of carboxylic acids is 1. The van der Waals surface area contributed by atoms with E-state index in [2.05, 4.69) is 0 Å². The van der Waals surface area contributed by atoms with Gasteiger partial charge in [0.15, 0.2) is 0 Å². The van der Waals surface area contributed by atoms with Crippen molar-refractivity contribution in [2.24, 2.45) is 0 Å². The average Bonchev–Trinajstić information content (AvgIpc) is 2.15. The van der Waals surface area contributed by atoms with Crippen LogP contribution in [0, 0.1) is 0 Å². The first kappa shape index (κ1) is 12.8. The summed E-state index contributed by atoms with van der Waals surface area (Å²) < 4.78 is 0. The molecule has 4 heteroatoms. The Bertz CT molecular complexity index is 462. The van der Waals surface area contributed by atoms with Crippen molar-refractivity contribution in [1.82, 2.24) is 0 Å². The van der Waals surface area contributed by atoms with Crippen LogP contribution in [0.1, 0.15) is 12.5 Å². The molecule has 1 rings (SSSR count). The maximum atomic E-state index is 10.4. The zero-order chi connectivity index (χ0) is 12.1. The van der Waals surface area contributed by atoms with Crippen molar-refractivity contribution >= 4 is 35.2 Å². The van der Waals surface area contributed by atoms with Crippen molar-refractivity contribution in [2.45, 2.75) is 6.92 Å². The minimum absolute atomic E-state index is 0.534. The zero-order valence-corrected chi connectivity index (χ0v) is 10.1. The first-order chi connectivity index (χ1) is 7.49. The van der Waals surface area contributed by atoms with Gasteiger partial charge in [0.1, 0.15) is 0 Å². The average molecular weight is 257 g/mol. The Morgan fingerprint density at radius 1 is 1.38 bits per heavy atom. The van der Waals surface area contributed by atoms with Crippen LogP contribution in [0.5, 0.6) is 0 Å². The predicted molar refractivity (Wildman–Crippen MR) is 66.9 cm³/mol. The van der Waals surface area contributed by atoms with Crippen LogP contribution in [0.3, 0.4) is 0 Å². The number of rotatable bonds is 3. The molecular formula is C12H10Cl2O2. The molecule has 0 saturated carbocycles. The zero-order valence-electron chi connectivity index (χ0n) is 8.58. The smallest absolute Gasteiger partial charge is 0.328 e. The van der Waals surface area contributed by atoms with Crippen molar-refractivity contribution < 1.29 is 9.90 Å². The monoisotopic (exact) mass is 256 g/mol. The van der Waals surface area contributed by atoms with Gasteiger partial charge in [-0.3, -0.25) is 0 Å². The van der Waals surface area contributed by atoms with Gasteiger partial charge in [-0.1, -0.05) is 41.4 Å². The van der Waals surface area contributed by atoms with E-state index in [9.17, 15) is 4.79 Å². The van der Waals surface area contributed by atoms with E-state index in [4.69, 9.17) is 28.3 Å². The van der Waals surface area contributed by atoms with Crippen LogP contribution in [0.15, 0.2) is 35.9 Å². The second-order valence-electron chi connectivity index (χ2n) is 3.23. The van der Waals surface area contributed by atoms with E-state index in [1.807, 2.05) is 0 Å². The van der Waals surface area contributed by atoms with Crippen molar-refractivity contribution in [1.29, 1.82) is 0 Å². The molecule has 0 fully saturated rings. The summed E-state index contributed by atoms with van der Waals surface area (Å²) in [5, 5.41) is 9.62. The number of allylic oxidation sites excluding steroid dienone is 2. The molecule has 0 aliphatic carbocycles. The Balaban J connectivity index is 2.88. The lowest BCUT2D eigenvalue weighted by Crippen LogP contribution is -1.87. The summed E-state index contributed by atoms with van der Waals surface area (Å²) in [7, 11) is 0. The van der Waals surface area contributed by atoms with Crippen LogP contribution in [0.2, 0.25) is 10.0 Å². The molecule has 0 aromatic heterocycles. The number of carbonyl (C=O) groups is 1. The lowest BCUT2D eigenvalue weighted by Gasteiger charge is -1.98. The van der Waals surface area contributed by atoms with Gasteiger partial charge in [-0.2, -0.15) is 0 Å². The quantitative estimate of drug-likeness (QED) is 0.655. The maximum absolute atomic E-state index is 10.4. The molecule has 0 aliphatic heterocycles. The summed E-state index contributed by atoms with van der Waals surface area (Å²) in [6, 6.07) is 5.14. The fourth-order valence-electron chi connectivity index (χ4n) is 1.10. The number of hydrogen-bond donors (Lipinski definition) is 1. The summed E-state index contributed by atoms with van der Waals surface area (Å²) in [5.41, 5.74) is 1.43. The second-order valence-corrected chi connectivity index (χ2v) is 4.07. The van der Waals surface area contributed by atoms with Crippen molar-refractivity contribution in [3.8, 4) is 0 Å². The molecule has 0 saturated heterocycles. The van der Waals surface area contributed by atoms with Crippen molar-refractivity contribution in [3.05, 3.63) is 51.5 Å². The predicted octanol–water partition coefficient (Wildman–Crippen LogP) is 4.04. The molecule has 0 bridgehead atoms. The lowest BCUT2D eigenvalue weighted by atomic mass is 10.1. The highest BCUT2D eigenvalue weighted by atomic mass is 35.5. The first-order valence-electron chi connectivity index (χ1n) is 4.53. The van der Waals surface area contributed by atoms with Gasteiger partial charge in [-0.25, -0.2) is 4.79 Å². The Morgan fingerprint density at radius 3 is 2.62 bits per heavy atom. The molecule has 0 heterocycles. The normalized spacial score (nSPS) is 12.1. The fourth-order valence-corrected chi connectivity index (χ4v) is 1.57. The number of aliphatic carboxylic acids is 1. The van der Waals surface area contributed by atoms with Crippen molar-refractivity contribution in [3.63, 3.8) is 0 Å². The molecule has 2 nitrogen and oxygen atoms in total. The van der Waals surface area contributed by atoms with Gasteiger partial charge in [-0.15, -0.1) is 0 Å². The highest BCUT2D eigenvalue weighted by Crippen LogP contribution is 2.22. The molecule has 84 valence electrons. The molecule has 0 amide bonds. The number of carboxylic acid groups (broad SMARTS) is 1. The van der Waals surface area contributed by atoms with E-state index in [1.165, 1.54) is 0 Å². The van der Waals surface area contributed by atoms with Crippen LogP contribution in [0.4, 0.5) is 0 Å². The van der Waals surface area contributed by atoms with Crippen molar-refractivity contribution in [2.75, 3.05) is 0 Å². The summed E-state index contributed by atoms with van der Waals surface area (Å²) in [6.07, 6.45) is 4.55. The van der Waals surface area contributed by atoms with Gasteiger partial charge in [0.25, 0.3) is 0 Å². The highest BCUT2D eigenvalue weighted by Gasteiger charge is 1.97. The summed E-state index contributed by atoms with van der Waals surface area (Å²) in [6.45, 7) is 1.70. The highest BCUT2D eigenvalue weighted by molar-refractivity contribution is 6.35. The Morgan fingerprint density at radius 2 is 2.06 bits per heavy atom. The molecular weight excluding hydrogens is 247 g/mol. The molecule has 1 N–H and O–H groups in total. The summed E-state index contributed by atoms with van der Waals surface area (Å²) >= 11 is 11.7. The lowest BCUT2D eigenvalue weighted by molar-refractivity contribution is -0.131. The van der Waals surface area contributed by atoms with Crippen LogP contribution in [0.25, 0.3) is 6.08 Å². The molecule has 1 aromatic carbocycles. The molecule has 0 unspecified atom stereocenters. The van der Waals surface area contributed by atoms with E-state index < -0.39 is 5.97 Å². The molecule has 0 spiro atoms. The topological polar surface area (TPSA) is 37.3 Å². The van der Waals surface area contributed by atoms with Gasteiger partial charge in [-0.05, 0) is 30.2 Å². The van der Waals surface area contributed by atoms with E-state index >= 15 is 0 Å². The minimum atomic E-state index is -0.968. The summed E-state index contributed by atoms with van der Waals surface area (Å²) in [4.78, 5) is 10.4. The van der Waals surface area contributed by atoms with Crippen LogP contribution in [-0.4, -0.2) is 11.1 Å². The third-order valence-corrected chi connectivity index (χ3v) is 2.40. The molecule has 0 atom stereocenters. The van der Waals surface area contributed by atoms with Gasteiger partial charge in [0, 0.05) is 16.1 Å². The van der Waals surface area contributed by atoms with E-state index in [0.29, 0.717) is 15.6 Å². The maximum Gasteiger partial charge on any atom is 0.328 e. The SMILES string of the molecule is CC(C=Cc1ccc(Cl)cc1Cl)=CC(=O)O. The van der Waals surface area contributed by atoms with Gasteiger partial charge in [0.2, 0.25) is 0 Å². The standard InChI is InChI=1S/C12H10Cl2O2/c1-8(6-12(15)16)2-3-9-4-5-10(13)7-11(9)14/h2-7H,1H3,(H,15,16). The van der Waals surface area contributed by atoms with E-state index in [1.54, 1.807) is 37.3 Å². The van der Waals surface area contributed by atoms with Crippen LogP contribution in [-0.2, 0) is 4.79 Å². The largest absolute Gasteiger partial charge is 0.478 e. The van der Waals surface area contributed by atoms with Gasteiger partial charge in [0.05, 0.1) is 0 Å². The van der Waals surface area contributed by atoms with E-state index in [-0.39, 0.29) is 0 Å². The fraction of sp³-hybridized carbons (Fsp3) is 0.0833. The number of halogens is 2.